The van der Waals surface area contributed by atoms with Gasteiger partial charge >= 0.3 is 0 Å². The Balaban J connectivity index is 2.96. The summed E-state index contributed by atoms with van der Waals surface area (Å²) in [6.45, 7) is 0. The van der Waals surface area contributed by atoms with Crippen LogP contribution < -0.4 is 5.73 Å². The molecule has 0 saturated carbocycles. The molecule has 2 aromatic rings. The maximum atomic E-state index is 5.62. The van der Waals surface area contributed by atoms with Crippen LogP contribution in [0.3, 0.4) is 0 Å². The van der Waals surface area contributed by atoms with E-state index < -0.39 is 0 Å². The molecule has 2 nitrogen and oxygen atoms in total. The molecule has 0 radical (unpaired) electrons. The highest BCUT2D eigenvalue weighted by molar-refractivity contribution is 7.71. The lowest BCUT2D eigenvalue weighted by molar-refractivity contribution is 1.41. The van der Waals surface area contributed by atoms with Crippen molar-refractivity contribution < 1.29 is 0 Å². The van der Waals surface area contributed by atoms with Gasteiger partial charge in [0.15, 0.2) is 0 Å². The molecule has 2 rings (SSSR count). The van der Waals surface area contributed by atoms with Crippen molar-refractivity contribution >= 4 is 28.8 Å². The van der Waals surface area contributed by atoms with Gasteiger partial charge in [-0.3, -0.25) is 0 Å². The zero-order valence-corrected chi connectivity index (χ0v) is 7.19. The van der Waals surface area contributed by atoms with Crippen LogP contribution in [0.25, 0.3) is 10.9 Å². The number of anilines is 1. The van der Waals surface area contributed by atoms with E-state index in [2.05, 4.69) is 4.98 Å². The summed E-state index contributed by atoms with van der Waals surface area (Å²) in [6.07, 6.45) is 1.82. The van der Waals surface area contributed by atoms with Crippen LogP contribution in [0.1, 0.15) is 0 Å². The van der Waals surface area contributed by atoms with Crippen molar-refractivity contribution in [1.29, 1.82) is 0 Å². The van der Waals surface area contributed by atoms with Crippen LogP contribution >= 0.6 is 12.2 Å². The number of H-pyrrole nitrogens is 1. The number of nitrogen functional groups attached to an aromatic ring is 1. The number of hydrogen-bond donors (Lipinski definition) is 2. The summed E-state index contributed by atoms with van der Waals surface area (Å²) in [4.78, 5) is 3.09. The van der Waals surface area contributed by atoms with Crippen molar-refractivity contribution in [3.8, 4) is 0 Å². The molecule has 1 aromatic heterocycles. The predicted octanol–water partition coefficient (Wildman–Crippen LogP) is 2.48. The highest BCUT2D eigenvalue weighted by Gasteiger charge is 1.93. The van der Waals surface area contributed by atoms with E-state index in [1.807, 2.05) is 30.5 Å². The maximum Gasteiger partial charge on any atom is 0.0488 e. The van der Waals surface area contributed by atoms with Crippen LogP contribution in [-0.4, -0.2) is 4.98 Å². The number of aromatic nitrogens is 1. The van der Waals surface area contributed by atoms with E-state index >= 15 is 0 Å². The summed E-state index contributed by atoms with van der Waals surface area (Å²) in [6, 6.07) is 7.54. The Kier molecular flexibility index (Phi) is 1.59. The van der Waals surface area contributed by atoms with Gasteiger partial charge in [-0.15, -0.1) is 0 Å². The number of nitrogens with one attached hydrogen (secondary N) is 1. The molecular formula is C9H8N2S. The molecule has 0 aliphatic rings. The van der Waals surface area contributed by atoms with E-state index in [0.717, 1.165) is 21.1 Å². The van der Waals surface area contributed by atoms with Gasteiger partial charge in [0, 0.05) is 27.3 Å². The number of rotatable bonds is 0. The Labute approximate surface area is 75.0 Å². The maximum absolute atomic E-state index is 5.62. The molecule has 0 aliphatic carbocycles. The zero-order valence-electron chi connectivity index (χ0n) is 6.37. The van der Waals surface area contributed by atoms with Crippen molar-refractivity contribution in [2.75, 3.05) is 5.73 Å². The van der Waals surface area contributed by atoms with Crippen LogP contribution in [0.5, 0.6) is 0 Å². The third-order valence-electron chi connectivity index (χ3n) is 1.78. The molecule has 60 valence electrons. The summed E-state index contributed by atoms with van der Waals surface area (Å²) in [5, 5.41) is 1.04. The lowest BCUT2D eigenvalue weighted by Crippen LogP contribution is -1.85. The average molecular weight is 176 g/mol. The van der Waals surface area contributed by atoms with Gasteiger partial charge in [0.2, 0.25) is 0 Å². The minimum Gasteiger partial charge on any atom is -0.399 e. The first-order valence-electron chi connectivity index (χ1n) is 3.64. The second-order valence-corrected chi connectivity index (χ2v) is 3.09. The fraction of sp³-hybridized carbons (Fsp3) is 0. The molecule has 0 spiro atoms. The highest BCUT2D eigenvalue weighted by atomic mass is 32.1. The Morgan fingerprint density at radius 3 is 2.92 bits per heavy atom. The Morgan fingerprint density at radius 2 is 2.08 bits per heavy atom. The molecule has 0 bridgehead atoms. The van der Waals surface area contributed by atoms with Crippen LogP contribution in [0, 0.1) is 4.51 Å². The third kappa shape index (κ3) is 1.08. The normalized spacial score (nSPS) is 10.3. The molecule has 1 aromatic carbocycles. The number of aromatic amines is 1. The lowest BCUT2D eigenvalue weighted by atomic mass is 10.2. The summed E-state index contributed by atoms with van der Waals surface area (Å²) >= 11 is 5.14. The minimum absolute atomic E-state index is 0.749. The molecule has 0 amide bonds. The summed E-state index contributed by atoms with van der Waals surface area (Å²) < 4.78 is 0.851. The Morgan fingerprint density at radius 1 is 1.25 bits per heavy atom. The van der Waals surface area contributed by atoms with E-state index in [0.29, 0.717) is 0 Å². The third-order valence-corrected chi connectivity index (χ3v) is 2.14. The standard InChI is InChI=1S/C9H8N2S/c10-6-1-2-7-8(5-6)11-4-3-9(7)12/h1-5H,10H2,(H,11,12). The monoisotopic (exact) mass is 176 g/mol. The topological polar surface area (TPSA) is 41.8 Å². The van der Waals surface area contributed by atoms with E-state index in [1.54, 1.807) is 0 Å². The van der Waals surface area contributed by atoms with Gasteiger partial charge in [0.1, 0.15) is 0 Å². The van der Waals surface area contributed by atoms with Crippen LogP contribution in [0.2, 0.25) is 0 Å². The molecule has 12 heavy (non-hydrogen) atoms. The fourth-order valence-electron chi connectivity index (χ4n) is 1.19. The molecule has 0 saturated heterocycles. The van der Waals surface area contributed by atoms with Crippen LogP contribution in [-0.2, 0) is 0 Å². The highest BCUT2D eigenvalue weighted by Crippen LogP contribution is 2.15. The predicted molar refractivity (Wildman–Crippen MR) is 53.5 cm³/mol. The molecule has 3 N–H and O–H groups in total. The molecular weight excluding hydrogens is 168 g/mol. The van der Waals surface area contributed by atoms with Gasteiger partial charge in [-0.25, -0.2) is 0 Å². The number of benzene rings is 1. The number of hydrogen-bond acceptors (Lipinski definition) is 2. The first-order chi connectivity index (χ1) is 5.77. The van der Waals surface area contributed by atoms with E-state index in [-0.39, 0.29) is 0 Å². The molecule has 0 aliphatic heterocycles. The van der Waals surface area contributed by atoms with Crippen LogP contribution in [0.15, 0.2) is 30.5 Å². The first kappa shape index (κ1) is 7.31. The van der Waals surface area contributed by atoms with Gasteiger partial charge in [-0.1, -0.05) is 12.2 Å². The second kappa shape index (κ2) is 2.60. The summed E-state index contributed by atoms with van der Waals surface area (Å²) in [5.41, 5.74) is 7.36. The fourth-order valence-corrected chi connectivity index (χ4v) is 1.44. The van der Waals surface area contributed by atoms with Crippen molar-refractivity contribution in [2.24, 2.45) is 0 Å². The van der Waals surface area contributed by atoms with Crippen LogP contribution in [0.4, 0.5) is 5.69 Å². The number of fused-ring (bicyclic) bond motifs is 1. The molecule has 3 heteroatoms. The Hall–Kier alpha value is -1.35. The van der Waals surface area contributed by atoms with E-state index in [9.17, 15) is 0 Å². The van der Waals surface area contributed by atoms with Gasteiger partial charge < -0.3 is 10.7 Å². The van der Waals surface area contributed by atoms with E-state index in [4.69, 9.17) is 18.0 Å². The summed E-state index contributed by atoms with van der Waals surface area (Å²) in [7, 11) is 0. The summed E-state index contributed by atoms with van der Waals surface area (Å²) in [5.74, 6) is 0. The SMILES string of the molecule is Nc1ccc2c(=S)cc[nH]c2c1. The zero-order chi connectivity index (χ0) is 8.55. The van der Waals surface area contributed by atoms with Crippen molar-refractivity contribution in [2.45, 2.75) is 0 Å². The largest absolute Gasteiger partial charge is 0.399 e. The second-order valence-electron chi connectivity index (χ2n) is 2.65. The molecule has 0 fully saturated rings. The van der Waals surface area contributed by atoms with Gasteiger partial charge in [-0.05, 0) is 24.3 Å². The lowest BCUT2D eigenvalue weighted by Gasteiger charge is -1.98. The van der Waals surface area contributed by atoms with Crippen molar-refractivity contribution in [3.63, 3.8) is 0 Å². The average Bonchev–Trinajstić information content (AvgIpc) is 2.04. The number of pyridine rings is 1. The van der Waals surface area contributed by atoms with Crippen molar-refractivity contribution in [1.82, 2.24) is 4.98 Å². The van der Waals surface area contributed by atoms with Crippen molar-refractivity contribution in [3.05, 3.63) is 35.0 Å². The van der Waals surface area contributed by atoms with E-state index in [1.165, 1.54) is 0 Å². The Bertz CT molecular complexity index is 473. The van der Waals surface area contributed by atoms with Gasteiger partial charge in [-0.2, -0.15) is 0 Å². The quantitative estimate of drug-likeness (QED) is 0.478. The minimum atomic E-state index is 0.749. The smallest absolute Gasteiger partial charge is 0.0488 e. The van der Waals surface area contributed by atoms with Gasteiger partial charge in [0.25, 0.3) is 0 Å². The molecule has 0 unspecified atom stereocenters. The van der Waals surface area contributed by atoms with Gasteiger partial charge in [0.05, 0.1) is 0 Å². The first-order valence-corrected chi connectivity index (χ1v) is 4.05. The molecule has 0 atom stereocenters. The molecule has 1 heterocycles. The number of nitrogens with two attached hydrogens (primary N) is 1.